The van der Waals surface area contributed by atoms with Crippen LogP contribution < -0.4 is 10.6 Å². The lowest BCUT2D eigenvalue weighted by Crippen LogP contribution is -2.58. The van der Waals surface area contributed by atoms with Crippen molar-refractivity contribution in [2.45, 2.75) is 65.1 Å². The molecule has 4 rings (SSSR count). The summed E-state index contributed by atoms with van der Waals surface area (Å²) >= 11 is 13.2. The Morgan fingerprint density at radius 2 is 1.76 bits per heavy atom. The number of nitrogens with two attached hydrogens (primary N) is 1. The van der Waals surface area contributed by atoms with Gasteiger partial charge in [-0.05, 0) is 97.3 Å². The number of piperazine rings is 1. The molecule has 0 spiro atoms. The Labute approximate surface area is 243 Å². The number of rotatable bonds is 7. The van der Waals surface area contributed by atoms with Crippen LogP contribution in [0.5, 0.6) is 0 Å². The highest BCUT2D eigenvalue weighted by Gasteiger charge is 2.33. The van der Waals surface area contributed by atoms with Gasteiger partial charge in [0.2, 0.25) is 0 Å². The third-order valence-corrected chi connectivity index (χ3v) is 8.09. The van der Waals surface area contributed by atoms with E-state index in [-0.39, 0.29) is 5.82 Å². The van der Waals surface area contributed by atoms with Crippen LogP contribution in [0.25, 0.3) is 0 Å². The smallest absolute Gasteiger partial charge is 0.129 e. The summed E-state index contributed by atoms with van der Waals surface area (Å²) < 4.78 is 15.4. The predicted octanol–water partition coefficient (Wildman–Crippen LogP) is 6.88. The highest BCUT2D eigenvalue weighted by atomic mass is 79.9. The summed E-state index contributed by atoms with van der Waals surface area (Å²) in [6.07, 6.45) is 6.04. The molecule has 0 unspecified atom stereocenters. The Kier molecular flexibility index (Phi) is 14.9. The number of likely N-dealkylation sites (tertiary alicyclic amines) is 1. The third-order valence-electron chi connectivity index (χ3n) is 7.22. The van der Waals surface area contributed by atoms with Gasteiger partial charge in [0.25, 0.3) is 0 Å². The van der Waals surface area contributed by atoms with E-state index in [0.29, 0.717) is 30.2 Å². The van der Waals surface area contributed by atoms with Crippen LogP contribution in [0.4, 0.5) is 10.1 Å². The topological polar surface area (TPSA) is 35.7 Å². The van der Waals surface area contributed by atoms with E-state index in [1.807, 2.05) is 19.9 Å². The van der Waals surface area contributed by atoms with Crippen molar-refractivity contribution < 1.29 is 4.39 Å². The van der Waals surface area contributed by atoms with Crippen LogP contribution in [0.2, 0.25) is 5.02 Å². The van der Waals surface area contributed by atoms with Crippen molar-refractivity contribution in [3.05, 3.63) is 62.8 Å². The number of hydrogen-bond donors (Lipinski definition) is 2. The lowest BCUT2D eigenvalue weighted by molar-refractivity contribution is 0.0609. The van der Waals surface area contributed by atoms with Gasteiger partial charge in [0, 0.05) is 53.3 Å². The highest BCUT2D eigenvalue weighted by Crippen LogP contribution is 2.32. The second-order valence-corrected chi connectivity index (χ2v) is 10.6. The summed E-state index contributed by atoms with van der Waals surface area (Å²) in [5, 5.41) is 0.457. The van der Waals surface area contributed by atoms with Crippen LogP contribution >= 0.6 is 40.2 Å². The average Bonchev–Trinajstić information content (AvgIpc) is 2.93. The highest BCUT2D eigenvalue weighted by molar-refractivity contribution is 9.10. The number of benzene rings is 2. The molecule has 37 heavy (non-hydrogen) atoms. The Morgan fingerprint density at radius 1 is 1.05 bits per heavy atom. The molecule has 2 aliphatic heterocycles. The van der Waals surface area contributed by atoms with Gasteiger partial charge < -0.3 is 10.6 Å². The van der Waals surface area contributed by atoms with Gasteiger partial charge in [0.15, 0.2) is 0 Å². The fourth-order valence-corrected chi connectivity index (χ4v) is 6.20. The zero-order valence-electron chi connectivity index (χ0n) is 22.9. The molecule has 2 fully saturated rings. The predicted molar refractivity (Wildman–Crippen MR) is 166 cm³/mol. The Hall–Kier alpha value is -0.830. The van der Waals surface area contributed by atoms with E-state index in [2.05, 4.69) is 68.4 Å². The first-order valence-electron chi connectivity index (χ1n) is 13.6. The summed E-state index contributed by atoms with van der Waals surface area (Å²) in [5.41, 5.74) is 9.02. The van der Waals surface area contributed by atoms with Crippen molar-refractivity contribution in [1.29, 1.82) is 0 Å². The number of nitrogens with zero attached hydrogens (tertiary/aromatic N) is 3. The summed E-state index contributed by atoms with van der Waals surface area (Å²) in [7, 11) is 0. The summed E-state index contributed by atoms with van der Waals surface area (Å²) in [6, 6.07) is 12.8. The van der Waals surface area contributed by atoms with Gasteiger partial charge in [-0.3, -0.25) is 9.80 Å². The second-order valence-electron chi connectivity index (χ2n) is 9.31. The average molecular weight is 616 g/mol. The molecule has 8 heteroatoms. The maximum absolute atomic E-state index is 14.2. The Morgan fingerprint density at radius 3 is 2.35 bits per heavy atom. The zero-order valence-corrected chi connectivity index (χ0v) is 26.1. The molecule has 0 aromatic heterocycles. The first-order chi connectivity index (χ1) is 18.0. The molecule has 0 radical (unpaired) electrons. The first-order valence-corrected chi connectivity index (χ1v) is 15.6. The summed E-state index contributed by atoms with van der Waals surface area (Å²) in [6.45, 7) is 12.9. The first kappa shape index (κ1) is 32.4. The molecule has 2 aliphatic rings. The molecule has 2 saturated heterocycles. The standard InChI is InChI=1S/C26H35BrClFN4.C2H6.CH4S/c1-2-22-18-32(26-6-3-19(7-10-30)15-24(26)27)13-14-33(22)23-8-11-31(12-9-23)17-20-4-5-21(28)16-25(20)29;2*1-2/h3-6,15-16,22-23H,2,7-14,17-18,30H2,1H3;1-2H3;2H,1H3/t22-;;/m0../s1. The molecule has 0 bridgehead atoms. The van der Waals surface area contributed by atoms with Crippen LogP contribution in [0, 0.1) is 5.82 Å². The normalized spacial score (nSPS) is 19.1. The van der Waals surface area contributed by atoms with Gasteiger partial charge in [0.05, 0.1) is 5.69 Å². The number of hydrogen-bond acceptors (Lipinski definition) is 5. The molecule has 208 valence electrons. The fourth-order valence-electron chi connectivity index (χ4n) is 5.36. The Bertz CT molecular complexity index is 942. The minimum Gasteiger partial charge on any atom is -0.368 e. The van der Waals surface area contributed by atoms with Gasteiger partial charge in [-0.2, -0.15) is 12.6 Å². The largest absolute Gasteiger partial charge is 0.368 e. The number of piperidine rings is 1. The van der Waals surface area contributed by atoms with E-state index < -0.39 is 0 Å². The molecule has 1 atom stereocenters. The maximum Gasteiger partial charge on any atom is 0.129 e. The summed E-state index contributed by atoms with van der Waals surface area (Å²) in [5.74, 6) is -0.200. The lowest BCUT2D eigenvalue weighted by Gasteiger charge is -2.48. The SMILES string of the molecule is CC.CC[C@H]1CN(c2ccc(CCN)cc2Br)CCN1C1CCN(Cc2ccc(Cl)cc2F)CC1.CS. The van der Waals surface area contributed by atoms with Crippen molar-refractivity contribution >= 4 is 45.8 Å². The van der Waals surface area contributed by atoms with Crippen molar-refractivity contribution in [2.24, 2.45) is 5.73 Å². The van der Waals surface area contributed by atoms with Gasteiger partial charge in [0.1, 0.15) is 5.82 Å². The molecule has 0 amide bonds. The molecule has 2 heterocycles. The van der Waals surface area contributed by atoms with E-state index in [4.69, 9.17) is 17.3 Å². The minimum absolute atomic E-state index is 0.200. The third kappa shape index (κ3) is 9.11. The quantitative estimate of drug-likeness (QED) is 0.333. The minimum atomic E-state index is -0.200. The van der Waals surface area contributed by atoms with Gasteiger partial charge in [-0.1, -0.05) is 44.5 Å². The van der Waals surface area contributed by atoms with Crippen molar-refractivity contribution in [3.63, 3.8) is 0 Å². The van der Waals surface area contributed by atoms with Crippen molar-refractivity contribution in [2.75, 3.05) is 50.4 Å². The molecular formula is C29H45BrClFN4S. The van der Waals surface area contributed by atoms with E-state index in [0.717, 1.165) is 64.0 Å². The maximum atomic E-state index is 14.2. The van der Waals surface area contributed by atoms with E-state index in [9.17, 15) is 4.39 Å². The number of anilines is 1. The van der Waals surface area contributed by atoms with Crippen LogP contribution in [0.3, 0.4) is 0 Å². The van der Waals surface area contributed by atoms with E-state index in [1.165, 1.54) is 21.8 Å². The van der Waals surface area contributed by atoms with Gasteiger partial charge >= 0.3 is 0 Å². The number of halogens is 3. The Balaban J connectivity index is 0.00000115. The van der Waals surface area contributed by atoms with Crippen molar-refractivity contribution in [3.8, 4) is 0 Å². The molecule has 4 nitrogen and oxygen atoms in total. The second kappa shape index (κ2) is 17.0. The molecule has 2 N–H and O–H groups in total. The van der Waals surface area contributed by atoms with Crippen LogP contribution in [-0.4, -0.2) is 67.4 Å². The van der Waals surface area contributed by atoms with E-state index in [1.54, 1.807) is 12.3 Å². The molecule has 0 saturated carbocycles. The fraction of sp³-hybridized carbons (Fsp3) is 0.586. The molecule has 2 aromatic carbocycles. The van der Waals surface area contributed by atoms with Crippen LogP contribution in [0.15, 0.2) is 40.9 Å². The number of thiol groups is 1. The molecular weight excluding hydrogens is 571 g/mol. The van der Waals surface area contributed by atoms with E-state index >= 15 is 0 Å². The van der Waals surface area contributed by atoms with Gasteiger partial charge in [-0.25, -0.2) is 4.39 Å². The van der Waals surface area contributed by atoms with Crippen molar-refractivity contribution in [1.82, 2.24) is 9.80 Å². The molecule has 0 aliphatic carbocycles. The molecule has 2 aromatic rings. The van der Waals surface area contributed by atoms with Crippen LogP contribution in [-0.2, 0) is 13.0 Å². The van der Waals surface area contributed by atoms with Crippen LogP contribution in [0.1, 0.15) is 51.2 Å². The van der Waals surface area contributed by atoms with Gasteiger partial charge in [-0.15, -0.1) is 0 Å². The summed E-state index contributed by atoms with van der Waals surface area (Å²) in [4.78, 5) is 7.65. The monoisotopic (exact) mass is 614 g/mol. The zero-order chi connectivity index (χ0) is 27.4. The lowest BCUT2D eigenvalue weighted by atomic mass is 9.97.